The molecular weight excluding hydrogens is 248 g/mol. The fraction of sp³-hybridized carbons (Fsp3) is 0. The van der Waals surface area contributed by atoms with Gasteiger partial charge < -0.3 is 0 Å². The Kier molecular flexibility index (Phi) is 236. The van der Waals surface area contributed by atoms with Gasteiger partial charge in [-0.05, 0) is 0 Å². The van der Waals surface area contributed by atoms with Gasteiger partial charge in [0, 0.05) is 50.3 Å². The van der Waals surface area contributed by atoms with Crippen LogP contribution in [0.25, 0.3) is 0 Å². The summed E-state index contributed by atoms with van der Waals surface area (Å²) in [6.45, 7) is 0. The SMILES string of the molecule is [Co].[Fe].[Ni].[O]=[Co]. The summed E-state index contributed by atoms with van der Waals surface area (Å²) in [4.78, 5) is 0. The van der Waals surface area contributed by atoms with Gasteiger partial charge in [0.05, 0.1) is 0 Å². The van der Waals surface area contributed by atoms with Crippen molar-refractivity contribution < 1.29 is 69.9 Å². The molecule has 0 bridgehead atoms. The van der Waals surface area contributed by atoms with Gasteiger partial charge in [0.25, 0.3) is 0 Å². The van der Waals surface area contributed by atoms with Crippen LogP contribution < -0.4 is 0 Å². The molecule has 0 N–H and O–H groups in total. The number of hydrogen-bond donors (Lipinski definition) is 0. The fourth-order valence-corrected chi connectivity index (χ4v) is 0. The van der Waals surface area contributed by atoms with Gasteiger partial charge in [-0.2, -0.15) is 0 Å². The van der Waals surface area contributed by atoms with Crippen molar-refractivity contribution in [2.75, 3.05) is 0 Å². The molecular formula is Co2FeNiO. The predicted octanol–water partition coefficient (Wildman–Crippen LogP) is -0.129. The van der Waals surface area contributed by atoms with E-state index in [1.165, 1.54) is 0 Å². The Hall–Kier alpha value is 1.83. The van der Waals surface area contributed by atoms with Crippen LogP contribution in [0.15, 0.2) is 0 Å². The summed E-state index contributed by atoms with van der Waals surface area (Å²) in [6, 6.07) is 0. The van der Waals surface area contributed by atoms with Crippen LogP contribution >= 0.6 is 0 Å². The van der Waals surface area contributed by atoms with E-state index in [1.807, 2.05) is 0 Å². The van der Waals surface area contributed by atoms with Crippen molar-refractivity contribution in [3.05, 3.63) is 0 Å². The molecule has 0 aliphatic carbocycles. The van der Waals surface area contributed by atoms with E-state index in [0.29, 0.717) is 0 Å². The molecule has 0 aromatic rings. The first-order valence-electron chi connectivity index (χ1n) is 0.136. The average Bonchev–Trinajstić information content (AvgIpc) is 1.00. The molecule has 0 aliphatic heterocycles. The van der Waals surface area contributed by atoms with Gasteiger partial charge in [-0.1, -0.05) is 0 Å². The Morgan fingerprint density at radius 2 is 1.20 bits per heavy atom. The molecule has 5 heteroatoms. The first kappa shape index (κ1) is 29.0. The summed E-state index contributed by atoms with van der Waals surface area (Å²) in [5, 5.41) is 0. The topological polar surface area (TPSA) is 17.1 Å². The van der Waals surface area contributed by atoms with Crippen LogP contribution in [0.1, 0.15) is 0 Å². The molecule has 0 aromatic heterocycles. The molecule has 0 unspecified atom stereocenters. The monoisotopic (exact) mass is 248 g/mol. The van der Waals surface area contributed by atoms with Gasteiger partial charge in [0.2, 0.25) is 0 Å². The Morgan fingerprint density at radius 1 is 1.20 bits per heavy atom. The second-order valence-electron chi connectivity index (χ2n) is 0. The van der Waals surface area contributed by atoms with Crippen LogP contribution in [-0.4, -0.2) is 0 Å². The summed E-state index contributed by atoms with van der Waals surface area (Å²) < 4.78 is 7.94. The molecule has 5 heavy (non-hydrogen) atoms. The summed E-state index contributed by atoms with van der Waals surface area (Å²) in [7, 11) is 0. The van der Waals surface area contributed by atoms with E-state index in [9.17, 15) is 0 Å². The third-order valence-electron chi connectivity index (χ3n) is 0. The zero-order valence-electron chi connectivity index (χ0n) is 1.74. The van der Waals surface area contributed by atoms with Crippen LogP contribution in [0.3, 0.4) is 0 Å². The van der Waals surface area contributed by atoms with Gasteiger partial charge in [0.1, 0.15) is 0 Å². The maximum absolute atomic E-state index is 7.94. The van der Waals surface area contributed by atoms with Crippen molar-refractivity contribution in [1.82, 2.24) is 0 Å². The van der Waals surface area contributed by atoms with Crippen molar-refractivity contribution in [2.45, 2.75) is 0 Å². The Bertz CT molecular complexity index is 9.61. The maximum atomic E-state index is 7.94. The fourth-order valence-electron chi connectivity index (χ4n) is 0. The van der Waals surface area contributed by atoms with E-state index < -0.39 is 0 Å². The molecule has 0 rings (SSSR count). The quantitative estimate of drug-likeness (QED) is 0.546. The summed E-state index contributed by atoms with van der Waals surface area (Å²) in [5.41, 5.74) is 0. The molecule has 0 fully saturated rings. The Morgan fingerprint density at radius 3 is 1.20 bits per heavy atom. The van der Waals surface area contributed by atoms with Gasteiger partial charge in [-0.25, -0.2) is 0 Å². The molecule has 0 spiro atoms. The molecule has 42 valence electrons. The zero-order chi connectivity index (χ0) is 2.00. The normalized spacial score (nSPS) is 1.00. The van der Waals surface area contributed by atoms with Gasteiger partial charge in [-0.15, -0.1) is 0 Å². The second kappa shape index (κ2) is 40.7. The number of hydrogen-bond acceptors (Lipinski definition) is 1. The molecule has 0 heterocycles. The van der Waals surface area contributed by atoms with E-state index >= 15 is 0 Å². The van der Waals surface area contributed by atoms with Crippen molar-refractivity contribution >= 4 is 0 Å². The van der Waals surface area contributed by atoms with Gasteiger partial charge in [-0.3, -0.25) is 0 Å². The molecule has 0 atom stereocenters. The van der Waals surface area contributed by atoms with E-state index in [2.05, 4.69) is 15.7 Å². The van der Waals surface area contributed by atoms with Gasteiger partial charge in [0.15, 0.2) is 0 Å². The van der Waals surface area contributed by atoms with Crippen molar-refractivity contribution in [3.63, 3.8) is 0 Å². The van der Waals surface area contributed by atoms with E-state index in [1.54, 1.807) is 0 Å². The van der Waals surface area contributed by atoms with Crippen molar-refractivity contribution in [1.29, 1.82) is 0 Å². The Balaban J connectivity index is -0.00000000167. The van der Waals surface area contributed by atoms with Crippen LogP contribution in [0.4, 0.5) is 0 Å². The zero-order valence-corrected chi connectivity index (χ0v) is 5.92. The average molecular weight is 248 g/mol. The molecule has 0 aliphatic rings. The molecule has 1 nitrogen and oxygen atoms in total. The molecule has 0 amide bonds. The molecule has 0 aromatic carbocycles. The molecule has 0 saturated heterocycles. The summed E-state index contributed by atoms with van der Waals surface area (Å²) >= 11 is 2.31. The van der Waals surface area contributed by atoms with Gasteiger partial charge >= 0.3 is 19.5 Å². The summed E-state index contributed by atoms with van der Waals surface area (Å²) in [5.74, 6) is 0. The second-order valence-corrected chi connectivity index (χ2v) is 0. The molecule has 0 saturated carbocycles. The van der Waals surface area contributed by atoms with E-state index in [0.717, 1.165) is 0 Å². The van der Waals surface area contributed by atoms with E-state index in [4.69, 9.17) is 3.87 Å². The van der Waals surface area contributed by atoms with Crippen LogP contribution in [0.5, 0.6) is 0 Å². The third kappa shape index (κ3) is 25.6. The van der Waals surface area contributed by atoms with Crippen LogP contribution in [0, 0.1) is 0 Å². The first-order chi connectivity index (χ1) is 1.00. The van der Waals surface area contributed by atoms with Crippen molar-refractivity contribution in [3.8, 4) is 0 Å². The van der Waals surface area contributed by atoms with E-state index in [-0.39, 0.29) is 50.3 Å². The van der Waals surface area contributed by atoms with Crippen molar-refractivity contribution in [2.24, 2.45) is 0 Å². The minimum absolute atomic E-state index is 0. The molecule has 1 radical (unpaired) electrons. The number of rotatable bonds is 0. The minimum atomic E-state index is 0. The summed E-state index contributed by atoms with van der Waals surface area (Å²) in [6.07, 6.45) is 0. The van der Waals surface area contributed by atoms with Crippen LogP contribution in [0.2, 0.25) is 0 Å². The first-order valence-corrected chi connectivity index (χ1v) is 0.561. The Labute approximate surface area is 69.4 Å². The predicted molar refractivity (Wildman–Crippen MR) is 0.686 cm³/mol. The van der Waals surface area contributed by atoms with Crippen LogP contribution in [-0.2, 0) is 69.9 Å². The third-order valence-corrected chi connectivity index (χ3v) is 0. The standard InChI is InChI=1S/2Co.Fe.Ni.O.